The van der Waals surface area contributed by atoms with E-state index < -0.39 is 11.7 Å². The molecule has 90 valence electrons. The maximum Gasteiger partial charge on any atom is 0.416 e. The third-order valence-electron chi connectivity index (χ3n) is 1.79. The summed E-state index contributed by atoms with van der Waals surface area (Å²) in [6, 6.07) is 3.09. The molecular formula is C10H9ClF3IO. The molecule has 6 heteroatoms. The molecule has 0 spiro atoms. The van der Waals surface area contributed by atoms with Gasteiger partial charge < -0.3 is 4.74 Å². The van der Waals surface area contributed by atoms with Crippen LogP contribution in [0.5, 0.6) is 5.75 Å². The van der Waals surface area contributed by atoms with Gasteiger partial charge in [0.25, 0.3) is 0 Å². The van der Waals surface area contributed by atoms with Gasteiger partial charge in [-0.25, -0.2) is 0 Å². The van der Waals surface area contributed by atoms with Crippen molar-refractivity contribution in [2.24, 2.45) is 0 Å². The Morgan fingerprint density at radius 3 is 2.50 bits per heavy atom. The molecule has 0 aromatic heterocycles. The van der Waals surface area contributed by atoms with Crippen molar-refractivity contribution in [3.8, 4) is 5.75 Å². The Morgan fingerprint density at radius 2 is 2.00 bits per heavy atom. The summed E-state index contributed by atoms with van der Waals surface area (Å²) in [5, 5.41) is -0.0108. The lowest BCUT2D eigenvalue weighted by atomic mass is 10.2. The SMILES string of the molecule is FC(F)(F)c1ccc(OCCCI)c(Cl)c1. The minimum absolute atomic E-state index is 0.0108. The quantitative estimate of drug-likeness (QED) is 0.432. The van der Waals surface area contributed by atoms with Crippen LogP contribution in [0.15, 0.2) is 18.2 Å². The Kier molecular flexibility index (Phi) is 5.17. The molecule has 0 aliphatic rings. The van der Waals surface area contributed by atoms with Crippen LogP contribution in [0.3, 0.4) is 0 Å². The van der Waals surface area contributed by atoms with Crippen molar-refractivity contribution in [2.75, 3.05) is 11.0 Å². The molecule has 0 aliphatic heterocycles. The molecule has 16 heavy (non-hydrogen) atoms. The average Bonchev–Trinajstić information content (AvgIpc) is 2.19. The van der Waals surface area contributed by atoms with E-state index >= 15 is 0 Å². The largest absolute Gasteiger partial charge is 0.492 e. The molecule has 1 rings (SSSR count). The summed E-state index contributed by atoms with van der Waals surface area (Å²) in [5.41, 5.74) is -0.765. The van der Waals surface area contributed by atoms with E-state index in [0.717, 1.165) is 23.0 Å². The summed E-state index contributed by atoms with van der Waals surface area (Å²) < 4.78 is 43.1. The third-order valence-corrected chi connectivity index (χ3v) is 2.85. The van der Waals surface area contributed by atoms with Crippen LogP contribution in [-0.4, -0.2) is 11.0 Å². The van der Waals surface area contributed by atoms with Crippen molar-refractivity contribution < 1.29 is 17.9 Å². The Labute approximate surface area is 110 Å². The van der Waals surface area contributed by atoms with E-state index in [9.17, 15) is 13.2 Å². The van der Waals surface area contributed by atoms with E-state index in [0.29, 0.717) is 12.4 Å². The van der Waals surface area contributed by atoms with Crippen molar-refractivity contribution in [1.29, 1.82) is 0 Å². The van der Waals surface area contributed by atoms with Gasteiger partial charge in [-0.3, -0.25) is 0 Å². The first-order valence-corrected chi connectivity index (χ1v) is 6.41. The van der Waals surface area contributed by atoms with Gasteiger partial charge in [-0.05, 0) is 24.6 Å². The van der Waals surface area contributed by atoms with Gasteiger partial charge in [0, 0.05) is 4.43 Å². The summed E-state index contributed by atoms with van der Waals surface area (Å²) in [6.45, 7) is 0.452. The number of alkyl halides is 4. The fraction of sp³-hybridized carbons (Fsp3) is 0.400. The Hall–Kier alpha value is -0.170. The first kappa shape index (κ1) is 13.9. The number of halogens is 5. The molecule has 0 amide bonds. The van der Waals surface area contributed by atoms with Gasteiger partial charge in [0.05, 0.1) is 17.2 Å². The highest BCUT2D eigenvalue weighted by Crippen LogP contribution is 2.34. The van der Waals surface area contributed by atoms with E-state index in [-0.39, 0.29) is 5.02 Å². The standard InChI is InChI=1S/C10H9ClF3IO/c11-8-6-7(10(12,13)14)2-3-9(8)16-5-1-4-15/h2-3,6H,1,4-5H2. The zero-order valence-corrected chi connectivity index (χ0v) is 11.1. The number of rotatable bonds is 4. The van der Waals surface area contributed by atoms with E-state index in [4.69, 9.17) is 16.3 Å². The molecule has 0 saturated carbocycles. The molecule has 1 nitrogen and oxygen atoms in total. The van der Waals surface area contributed by atoms with Crippen LogP contribution in [0.2, 0.25) is 5.02 Å². The molecule has 0 bridgehead atoms. The summed E-state index contributed by atoms with van der Waals surface area (Å²) in [5.74, 6) is 0.291. The second-order valence-corrected chi connectivity index (χ2v) is 4.52. The molecule has 0 N–H and O–H groups in total. The molecule has 0 radical (unpaired) electrons. The van der Waals surface area contributed by atoms with Gasteiger partial charge in [0.15, 0.2) is 0 Å². The number of hydrogen-bond donors (Lipinski definition) is 0. The molecule has 1 aromatic rings. The van der Waals surface area contributed by atoms with Crippen molar-refractivity contribution in [3.63, 3.8) is 0 Å². The molecule has 0 unspecified atom stereocenters. The van der Waals surface area contributed by atoms with Crippen molar-refractivity contribution in [3.05, 3.63) is 28.8 Å². The highest BCUT2D eigenvalue weighted by molar-refractivity contribution is 14.1. The van der Waals surface area contributed by atoms with Gasteiger partial charge in [0.1, 0.15) is 5.75 Å². The second-order valence-electron chi connectivity index (χ2n) is 3.03. The van der Waals surface area contributed by atoms with Crippen LogP contribution < -0.4 is 4.74 Å². The average molecular weight is 365 g/mol. The minimum atomic E-state index is -4.37. The first-order valence-electron chi connectivity index (χ1n) is 4.50. The summed E-state index contributed by atoms with van der Waals surface area (Å²) >= 11 is 7.88. The summed E-state index contributed by atoms with van der Waals surface area (Å²) in [7, 11) is 0. The highest BCUT2D eigenvalue weighted by atomic mass is 127. The zero-order valence-electron chi connectivity index (χ0n) is 8.15. The highest BCUT2D eigenvalue weighted by Gasteiger charge is 2.30. The Morgan fingerprint density at radius 1 is 1.31 bits per heavy atom. The molecule has 0 atom stereocenters. The third kappa shape index (κ3) is 4.01. The zero-order chi connectivity index (χ0) is 12.2. The van der Waals surface area contributed by atoms with Crippen LogP contribution in [0.25, 0.3) is 0 Å². The van der Waals surface area contributed by atoms with Crippen molar-refractivity contribution in [1.82, 2.24) is 0 Å². The predicted octanol–water partition coefficient (Wildman–Crippen LogP) is 4.56. The normalized spacial score (nSPS) is 11.6. The van der Waals surface area contributed by atoms with Gasteiger partial charge in [-0.1, -0.05) is 34.2 Å². The Balaban J connectivity index is 2.76. The Bertz CT molecular complexity index is 354. The molecule has 0 aliphatic carbocycles. The van der Waals surface area contributed by atoms with E-state index in [2.05, 4.69) is 22.6 Å². The maximum absolute atomic E-state index is 12.3. The lowest BCUT2D eigenvalue weighted by molar-refractivity contribution is -0.137. The minimum Gasteiger partial charge on any atom is -0.492 e. The number of ether oxygens (including phenoxy) is 1. The van der Waals surface area contributed by atoms with Gasteiger partial charge in [-0.2, -0.15) is 13.2 Å². The van der Waals surface area contributed by atoms with E-state index in [1.165, 1.54) is 6.07 Å². The van der Waals surface area contributed by atoms with Gasteiger partial charge >= 0.3 is 6.18 Å². The van der Waals surface area contributed by atoms with Crippen LogP contribution >= 0.6 is 34.2 Å². The fourth-order valence-electron chi connectivity index (χ4n) is 1.03. The molecular weight excluding hydrogens is 355 g/mol. The second kappa shape index (κ2) is 5.95. The van der Waals surface area contributed by atoms with Crippen LogP contribution in [0.4, 0.5) is 13.2 Å². The predicted molar refractivity (Wildman–Crippen MR) is 65.5 cm³/mol. The van der Waals surface area contributed by atoms with Gasteiger partial charge in [-0.15, -0.1) is 0 Å². The van der Waals surface area contributed by atoms with Crippen molar-refractivity contribution in [2.45, 2.75) is 12.6 Å². The summed E-state index contributed by atoms with van der Waals surface area (Å²) in [6.07, 6.45) is -3.54. The van der Waals surface area contributed by atoms with Crippen LogP contribution in [0.1, 0.15) is 12.0 Å². The smallest absolute Gasteiger partial charge is 0.416 e. The first-order chi connectivity index (χ1) is 7.45. The van der Waals surface area contributed by atoms with E-state index in [1.807, 2.05) is 0 Å². The monoisotopic (exact) mass is 364 g/mol. The maximum atomic E-state index is 12.3. The molecule has 0 fully saturated rings. The lowest BCUT2D eigenvalue weighted by Gasteiger charge is -2.10. The van der Waals surface area contributed by atoms with E-state index in [1.54, 1.807) is 0 Å². The topological polar surface area (TPSA) is 9.23 Å². The fourth-order valence-corrected chi connectivity index (χ4v) is 1.58. The van der Waals surface area contributed by atoms with Gasteiger partial charge in [0.2, 0.25) is 0 Å². The molecule has 0 heterocycles. The molecule has 1 aromatic carbocycles. The number of hydrogen-bond acceptors (Lipinski definition) is 1. The lowest BCUT2D eigenvalue weighted by Crippen LogP contribution is -2.05. The van der Waals surface area contributed by atoms with Crippen LogP contribution in [-0.2, 0) is 6.18 Å². The van der Waals surface area contributed by atoms with Crippen LogP contribution in [0, 0.1) is 0 Å². The van der Waals surface area contributed by atoms with Crippen molar-refractivity contribution >= 4 is 34.2 Å². The molecule has 0 saturated heterocycles. The number of benzene rings is 1. The summed E-state index contributed by atoms with van der Waals surface area (Å²) in [4.78, 5) is 0.